The molecule has 0 bridgehead atoms. The first-order valence-electron chi connectivity index (χ1n) is 14.2. The van der Waals surface area contributed by atoms with E-state index in [0.29, 0.717) is 31.3 Å². The molecule has 0 aromatic carbocycles. The summed E-state index contributed by atoms with van der Waals surface area (Å²) in [5.41, 5.74) is -5.01. The van der Waals surface area contributed by atoms with Gasteiger partial charge in [0.2, 0.25) is 0 Å². The lowest BCUT2D eigenvalue weighted by molar-refractivity contribution is -0.258. The van der Waals surface area contributed by atoms with Gasteiger partial charge in [0.1, 0.15) is 29.5 Å². The number of fused-ring (bicyclic) bond motifs is 4. The molecule has 3 saturated carbocycles. The van der Waals surface area contributed by atoms with Crippen LogP contribution in [0.1, 0.15) is 73.6 Å². The highest BCUT2D eigenvalue weighted by atomic mass is 16.6. The highest BCUT2D eigenvalue weighted by molar-refractivity contribution is 5.98. The Labute approximate surface area is 228 Å². The average Bonchev–Trinajstić information content (AvgIpc) is 3.58. The summed E-state index contributed by atoms with van der Waals surface area (Å²) < 4.78 is 17.7. The molecule has 3 N–H and O–H groups in total. The molecule has 6 aliphatic rings. The van der Waals surface area contributed by atoms with Gasteiger partial charge in [-0.25, -0.2) is 4.79 Å². The molecule has 0 unspecified atom stereocenters. The summed E-state index contributed by atoms with van der Waals surface area (Å²) in [5.74, 6) is -2.60. The molecule has 6 rings (SSSR count). The van der Waals surface area contributed by atoms with Crippen molar-refractivity contribution in [2.24, 2.45) is 28.6 Å². The fraction of sp³-hybridized carbons (Fsp3) is 0.767. The molecule has 2 aliphatic heterocycles. The van der Waals surface area contributed by atoms with E-state index in [9.17, 15) is 29.7 Å². The minimum Gasteiger partial charge on any atom is -0.459 e. The van der Waals surface area contributed by atoms with E-state index in [-0.39, 0.29) is 18.1 Å². The van der Waals surface area contributed by atoms with Crippen LogP contribution in [0.5, 0.6) is 0 Å². The van der Waals surface area contributed by atoms with E-state index in [0.717, 1.165) is 5.57 Å². The molecule has 4 fully saturated rings. The van der Waals surface area contributed by atoms with E-state index in [1.54, 1.807) is 6.92 Å². The molecule has 0 aromatic heterocycles. The van der Waals surface area contributed by atoms with Gasteiger partial charge in [0.15, 0.2) is 5.78 Å². The van der Waals surface area contributed by atoms with E-state index < -0.39 is 75.8 Å². The molecular weight excluding hydrogens is 504 g/mol. The minimum atomic E-state index is -1.68. The Morgan fingerprint density at radius 2 is 1.87 bits per heavy atom. The van der Waals surface area contributed by atoms with E-state index in [1.807, 2.05) is 27.7 Å². The zero-order valence-corrected chi connectivity index (χ0v) is 23.5. The van der Waals surface area contributed by atoms with E-state index >= 15 is 0 Å². The van der Waals surface area contributed by atoms with E-state index in [1.165, 1.54) is 19.1 Å². The standard InChI is InChI=1S/C30H40O9/c1-14-11-20(38-25(34)15(14)2)16(3)28(35)13-24(37-17(4)31)29(36)19-12-23-30(39-23)22(33)8-7-21(32)27(30,6)18(19)9-10-26(28,29)5/h7-8,16,18-20,22-24,33,35-36H,9-13H2,1-6H3/t16-,18+,19-,20-,22+,23-,24+,26-,27+,28+,29-,30-/m1/s1. The van der Waals surface area contributed by atoms with Crippen LogP contribution in [0.15, 0.2) is 23.3 Å². The van der Waals surface area contributed by atoms with E-state index in [4.69, 9.17) is 14.2 Å². The van der Waals surface area contributed by atoms with Crippen molar-refractivity contribution in [3.63, 3.8) is 0 Å². The third-order valence-corrected chi connectivity index (χ3v) is 12.3. The van der Waals surface area contributed by atoms with Gasteiger partial charge in [-0.2, -0.15) is 0 Å². The van der Waals surface area contributed by atoms with Crippen LogP contribution in [-0.4, -0.2) is 74.3 Å². The van der Waals surface area contributed by atoms with Crippen molar-refractivity contribution < 1.29 is 43.9 Å². The Hall–Kier alpha value is -2.07. The van der Waals surface area contributed by atoms with Crippen LogP contribution >= 0.6 is 0 Å². The quantitative estimate of drug-likeness (QED) is 0.360. The van der Waals surface area contributed by atoms with Crippen LogP contribution < -0.4 is 0 Å². The molecule has 0 amide bonds. The van der Waals surface area contributed by atoms with Gasteiger partial charge in [0, 0.05) is 36.7 Å². The number of aliphatic hydroxyl groups excluding tert-OH is 1. The predicted molar refractivity (Wildman–Crippen MR) is 137 cm³/mol. The van der Waals surface area contributed by atoms with Gasteiger partial charge < -0.3 is 29.5 Å². The van der Waals surface area contributed by atoms with Gasteiger partial charge >= 0.3 is 11.9 Å². The fourth-order valence-corrected chi connectivity index (χ4v) is 9.76. The summed E-state index contributed by atoms with van der Waals surface area (Å²) in [5, 5.41) is 36.4. The number of carbonyl (C=O) groups is 3. The van der Waals surface area contributed by atoms with Crippen molar-refractivity contribution in [3.8, 4) is 0 Å². The number of esters is 2. The SMILES string of the molecule is CC(=O)O[C@H]1C[C@](O)([C@H](C)[C@H]2CC(C)=C(C)C(=O)O2)[C@@]2(C)CC[C@H]3[C@@H](C[C@H]4O[C@]45[C@@H](O)C=CC(=O)[C@]35C)[C@@]12O. The molecule has 1 saturated heterocycles. The first-order valence-corrected chi connectivity index (χ1v) is 14.2. The zero-order chi connectivity index (χ0) is 28.5. The van der Waals surface area contributed by atoms with Crippen LogP contribution in [0.4, 0.5) is 0 Å². The number of rotatable bonds is 3. The molecule has 9 nitrogen and oxygen atoms in total. The first-order chi connectivity index (χ1) is 18.1. The largest absolute Gasteiger partial charge is 0.459 e. The summed E-state index contributed by atoms with van der Waals surface area (Å²) in [4.78, 5) is 38.4. The van der Waals surface area contributed by atoms with Crippen molar-refractivity contribution in [3.05, 3.63) is 23.3 Å². The predicted octanol–water partition coefficient (Wildman–Crippen LogP) is 2.15. The number of aliphatic hydroxyl groups is 3. The van der Waals surface area contributed by atoms with E-state index in [2.05, 4.69) is 0 Å². The second-order valence-electron chi connectivity index (χ2n) is 13.5. The number of carbonyl (C=O) groups excluding carboxylic acids is 3. The number of ether oxygens (including phenoxy) is 3. The Morgan fingerprint density at radius 3 is 2.51 bits per heavy atom. The molecule has 39 heavy (non-hydrogen) atoms. The summed E-state index contributed by atoms with van der Waals surface area (Å²) in [6.45, 7) is 10.4. The van der Waals surface area contributed by atoms with Crippen LogP contribution in [0.25, 0.3) is 0 Å². The summed E-state index contributed by atoms with van der Waals surface area (Å²) in [6.07, 6.45) is 1.56. The maximum absolute atomic E-state index is 13.5. The van der Waals surface area contributed by atoms with Gasteiger partial charge in [-0.15, -0.1) is 0 Å². The average molecular weight is 545 g/mol. The molecule has 4 aliphatic carbocycles. The minimum absolute atomic E-state index is 0.0242. The zero-order valence-electron chi connectivity index (χ0n) is 23.5. The maximum Gasteiger partial charge on any atom is 0.333 e. The Bertz CT molecular complexity index is 1220. The van der Waals surface area contributed by atoms with Gasteiger partial charge in [-0.05, 0) is 64.0 Å². The Kier molecular flexibility index (Phi) is 5.58. The molecule has 9 heteroatoms. The molecule has 12 atom stereocenters. The summed E-state index contributed by atoms with van der Waals surface area (Å²) >= 11 is 0. The molecule has 0 aromatic rings. The number of epoxide rings is 1. The molecular formula is C30H40O9. The number of allylic oxidation sites excluding steroid dienone is 1. The molecule has 2 heterocycles. The van der Waals surface area contributed by atoms with Crippen molar-refractivity contribution in [2.45, 2.75) is 115 Å². The second kappa shape index (κ2) is 8.02. The second-order valence-corrected chi connectivity index (χ2v) is 13.5. The fourth-order valence-electron chi connectivity index (χ4n) is 9.76. The monoisotopic (exact) mass is 544 g/mol. The third kappa shape index (κ3) is 2.97. The van der Waals surface area contributed by atoms with Gasteiger partial charge in [0.05, 0.1) is 17.1 Å². The van der Waals surface area contributed by atoms with Gasteiger partial charge in [-0.1, -0.05) is 19.4 Å². The van der Waals surface area contributed by atoms with Crippen molar-refractivity contribution >= 4 is 17.7 Å². The number of hydrogen-bond acceptors (Lipinski definition) is 9. The lowest BCUT2D eigenvalue weighted by atomic mass is 9.42. The summed E-state index contributed by atoms with van der Waals surface area (Å²) in [7, 11) is 0. The highest BCUT2D eigenvalue weighted by Crippen LogP contribution is 2.75. The highest BCUT2D eigenvalue weighted by Gasteiger charge is 2.85. The molecule has 1 spiro atoms. The van der Waals surface area contributed by atoms with Crippen molar-refractivity contribution in [1.29, 1.82) is 0 Å². The maximum atomic E-state index is 13.5. The number of ketones is 1. The number of hydrogen-bond donors (Lipinski definition) is 3. The smallest absolute Gasteiger partial charge is 0.333 e. The van der Waals surface area contributed by atoms with Crippen molar-refractivity contribution in [1.82, 2.24) is 0 Å². The normalized spacial score (nSPS) is 52.7. The number of cyclic esters (lactones) is 1. The lowest BCUT2D eigenvalue weighted by Crippen LogP contribution is -2.72. The first kappa shape index (κ1) is 27.1. The van der Waals surface area contributed by atoms with Crippen LogP contribution in [0.2, 0.25) is 0 Å². The van der Waals surface area contributed by atoms with Crippen LogP contribution in [-0.2, 0) is 28.6 Å². The Balaban J connectivity index is 1.44. The molecule has 214 valence electrons. The lowest BCUT2D eigenvalue weighted by Gasteiger charge is -2.63. The van der Waals surface area contributed by atoms with Crippen LogP contribution in [0, 0.1) is 28.6 Å². The van der Waals surface area contributed by atoms with Crippen LogP contribution in [0.3, 0.4) is 0 Å². The summed E-state index contributed by atoms with van der Waals surface area (Å²) in [6, 6.07) is 0. The topological polar surface area (TPSA) is 143 Å². The third-order valence-electron chi connectivity index (χ3n) is 12.3. The van der Waals surface area contributed by atoms with Crippen molar-refractivity contribution in [2.75, 3.05) is 0 Å². The van der Waals surface area contributed by atoms with Gasteiger partial charge in [-0.3, -0.25) is 9.59 Å². The van der Waals surface area contributed by atoms with Gasteiger partial charge in [0.25, 0.3) is 0 Å². The molecule has 0 radical (unpaired) electrons. The Morgan fingerprint density at radius 1 is 1.18 bits per heavy atom.